The third kappa shape index (κ3) is 4.07. The van der Waals surface area contributed by atoms with Crippen LogP contribution in [-0.2, 0) is 6.18 Å². The molecule has 1 amide bonds. The summed E-state index contributed by atoms with van der Waals surface area (Å²) in [5, 5.41) is 8.49. The summed E-state index contributed by atoms with van der Waals surface area (Å²) < 4.78 is 45.9. The zero-order valence-electron chi connectivity index (χ0n) is 18.2. The Morgan fingerprint density at radius 2 is 1.85 bits per heavy atom. The average molecular weight is 488 g/mol. The van der Waals surface area contributed by atoms with Crippen LogP contribution < -0.4 is 4.90 Å². The Hall–Kier alpha value is -3.60. The van der Waals surface area contributed by atoms with Crippen molar-refractivity contribution in [2.24, 2.45) is 0 Å². The Balaban J connectivity index is 0.00000274. The number of rotatable bonds is 3. The third-order valence-electron chi connectivity index (χ3n) is 5.58. The number of nitrogens with zero attached hydrogens (tertiary/aromatic N) is 5. The van der Waals surface area contributed by atoms with Gasteiger partial charge in [0.05, 0.1) is 23.4 Å². The molecule has 1 aromatic carbocycles. The molecule has 4 heterocycles. The number of hydrogen-bond acceptors (Lipinski definition) is 5. The van der Waals surface area contributed by atoms with Crippen molar-refractivity contribution in [3.8, 4) is 22.6 Å². The molecule has 3 aromatic heterocycles. The Morgan fingerprint density at radius 1 is 1.12 bits per heavy atom. The molecule has 1 aliphatic heterocycles. The van der Waals surface area contributed by atoms with E-state index in [4.69, 9.17) is 4.52 Å². The van der Waals surface area contributed by atoms with E-state index in [1.54, 1.807) is 29.2 Å². The van der Waals surface area contributed by atoms with Gasteiger partial charge < -0.3 is 9.42 Å². The van der Waals surface area contributed by atoms with Crippen LogP contribution in [0.4, 0.5) is 18.9 Å². The number of halogens is 3. The molecule has 34 heavy (non-hydrogen) atoms. The van der Waals surface area contributed by atoms with Gasteiger partial charge in [-0.15, -0.1) is 0 Å². The second-order valence-electron chi connectivity index (χ2n) is 7.92. The normalized spacial score (nSPS) is 15.7. The minimum atomic E-state index is -4.44. The van der Waals surface area contributed by atoms with Crippen molar-refractivity contribution < 1.29 is 22.5 Å². The second kappa shape index (κ2) is 8.64. The molecule has 0 spiro atoms. The first-order valence-corrected chi connectivity index (χ1v) is 10.2. The van der Waals surface area contributed by atoms with Gasteiger partial charge in [0.1, 0.15) is 11.4 Å². The van der Waals surface area contributed by atoms with Crippen LogP contribution in [0.3, 0.4) is 0 Å². The summed E-state index contributed by atoms with van der Waals surface area (Å²) in [6, 6.07) is 9.74. The Kier molecular flexibility index (Phi) is 5.98. The van der Waals surface area contributed by atoms with Crippen molar-refractivity contribution in [3.63, 3.8) is 0 Å². The van der Waals surface area contributed by atoms with Gasteiger partial charge in [-0.2, -0.15) is 31.8 Å². The van der Waals surface area contributed by atoms with E-state index in [0.717, 1.165) is 23.4 Å². The lowest BCUT2D eigenvalue weighted by Crippen LogP contribution is -2.42. The van der Waals surface area contributed by atoms with Gasteiger partial charge in [-0.25, -0.2) is 0 Å². The van der Waals surface area contributed by atoms with Gasteiger partial charge in [0.2, 0.25) is 0 Å². The van der Waals surface area contributed by atoms with Crippen LogP contribution in [-0.4, -0.2) is 32.4 Å². The molecule has 1 aliphatic rings. The summed E-state index contributed by atoms with van der Waals surface area (Å²) in [4.78, 5) is 19.0. The molecule has 0 radical (unpaired) electrons. The zero-order chi connectivity index (χ0) is 23.3. The molecule has 0 aliphatic carbocycles. The van der Waals surface area contributed by atoms with Crippen molar-refractivity contribution in [3.05, 3.63) is 71.8 Å². The Morgan fingerprint density at radius 3 is 2.53 bits per heavy atom. The molecule has 0 saturated carbocycles. The van der Waals surface area contributed by atoms with Crippen molar-refractivity contribution in [1.82, 2.24) is 19.9 Å². The second-order valence-corrected chi connectivity index (χ2v) is 7.92. The summed E-state index contributed by atoms with van der Waals surface area (Å²) in [5.41, 5.74) is 2.47. The smallest absolute Gasteiger partial charge is 0.356 e. The maximum absolute atomic E-state index is 13.4. The molecule has 4 aromatic rings. The zero-order valence-corrected chi connectivity index (χ0v) is 19.2. The number of fused-ring (bicyclic) bond motifs is 1. The van der Waals surface area contributed by atoms with E-state index in [1.165, 1.54) is 17.0 Å². The van der Waals surface area contributed by atoms with Gasteiger partial charge >= 0.3 is 6.18 Å². The highest BCUT2D eigenvalue weighted by Crippen LogP contribution is 2.35. The quantitative estimate of drug-likeness (QED) is 0.394. The Bertz CT molecular complexity index is 1350. The molecule has 0 saturated heterocycles. The topological polar surface area (TPSA) is 77.0 Å². The van der Waals surface area contributed by atoms with Crippen LogP contribution in [0.1, 0.15) is 34.7 Å². The van der Waals surface area contributed by atoms with Crippen molar-refractivity contribution in [2.45, 2.75) is 26.1 Å². The lowest BCUT2D eigenvalue weighted by atomic mass is 10.1. The first-order valence-electron chi connectivity index (χ1n) is 10.2. The molecule has 1 atom stereocenters. The molecule has 7 nitrogen and oxygen atoms in total. The number of amides is 1. The number of alkyl halides is 3. The van der Waals surface area contributed by atoms with Gasteiger partial charge in [-0.1, -0.05) is 5.16 Å². The predicted molar refractivity (Wildman–Crippen MR) is 124 cm³/mol. The number of anilines is 1. The minimum Gasteiger partial charge on any atom is -0.356 e. The lowest BCUT2D eigenvalue weighted by Gasteiger charge is -2.32. The van der Waals surface area contributed by atoms with Crippen molar-refractivity contribution in [1.29, 1.82) is 0 Å². The highest BCUT2D eigenvalue weighted by molar-refractivity contribution is 7.59. The molecule has 0 N–H and O–H groups in total. The molecule has 5 rings (SSSR count). The fraction of sp³-hybridized carbons (Fsp3) is 0.217. The SMILES string of the molecule is Cc1cc(-c2cc(-c3cnn4c3C(=O)N(c3ccc(C(F)(F)F)cc3)C[C@@H]4C)no2)ccn1.S. The lowest BCUT2D eigenvalue weighted by molar-refractivity contribution is -0.137. The van der Waals surface area contributed by atoms with E-state index in [0.29, 0.717) is 28.4 Å². The van der Waals surface area contributed by atoms with Crippen molar-refractivity contribution >= 4 is 25.1 Å². The predicted octanol–water partition coefficient (Wildman–Crippen LogP) is 5.26. The van der Waals surface area contributed by atoms with Crippen LogP contribution in [0, 0.1) is 6.92 Å². The minimum absolute atomic E-state index is 0. The van der Waals surface area contributed by atoms with Gasteiger partial charge in [0.25, 0.3) is 5.91 Å². The highest BCUT2D eigenvalue weighted by Gasteiger charge is 2.35. The fourth-order valence-electron chi connectivity index (χ4n) is 3.94. The van der Waals surface area contributed by atoms with E-state index in [1.807, 2.05) is 19.9 Å². The number of carbonyl (C=O) groups excluding carboxylic acids is 1. The van der Waals surface area contributed by atoms with Gasteiger partial charge in [-0.3, -0.25) is 14.5 Å². The van der Waals surface area contributed by atoms with Gasteiger partial charge in [-0.05, 0) is 50.2 Å². The maximum atomic E-state index is 13.4. The molecule has 0 fully saturated rings. The Labute approximate surface area is 199 Å². The number of aromatic nitrogens is 4. The van der Waals surface area contributed by atoms with E-state index >= 15 is 0 Å². The number of benzene rings is 1. The first-order chi connectivity index (χ1) is 15.7. The summed E-state index contributed by atoms with van der Waals surface area (Å²) in [5.74, 6) is 0.149. The first kappa shape index (κ1) is 23.6. The molecule has 0 bridgehead atoms. The largest absolute Gasteiger partial charge is 0.416 e. The molecular formula is C23H20F3N5O2S. The van der Waals surface area contributed by atoms with Crippen molar-refractivity contribution in [2.75, 3.05) is 11.4 Å². The number of pyridine rings is 1. The molecule has 11 heteroatoms. The average Bonchev–Trinajstić information content (AvgIpc) is 3.43. The summed E-state index contributed by atoms with van der Waals surface area (Å²) in [6.45, 7) is 4.03. The van der Waals surface area contributed by atoms with E-state index < -0.39 is 11.7 Å². The van der Waals surface area contributed by atoms with Crippen LogP contribution in [0.5, 0.6) is 0 Å². The van der Waals surface area contributed by atoms with Crippen LogP contribution >= 0.6 is 13.5 Å². The fourth-order valence-corrected chi connectivity index (χ4v) is 3.94. The van der Waals surface area contributed by atoms with Gasteiger partial charge in [0.15, 0.2) is 5.76 Å². The standard InChI is InChI=1S/C23H18F3N5O2.H2S/c1-13-9-15(7-8-27-13)20-10-19(29-33-20)18-11-28-31-14(2)12-30(22(32)21(18)31)17-5-3-16(4-6-17)23(24,25)26;/h3-11,14H,12H2,1-2H3;1H2/t14-;/m0./s1. The third-order valence-corrected chi connectivity index (χ3v) is 5.58. The monoisotopic (exact) mass is 487 g/mol. The molecular weight excluding hydrogens is 467 g/mol. The van der Waals surface area contributed by atoms with E-state index in [2.05, 4.69) is 15.2 Å². The van der Waals surface area contributed by atoms with E-state index in [-0.39, 0.29) is 32.0 Å². The number of carbonyl (C=O) groups is 1. The highest BCUT2D eigenvalue weighted by atomic mass is 32.1. The van der Waals surface area contributed by atoms with Crippen LogP contribution in [0.15, 0.2) is 59.4 Å². The molecule has 0 unspecified atom stereocenters. The van der Waals surface area contributed by atoms with Gasteiger partial charge in [0, 0.05) is 35.8 Å². The summed E-state index contributed by atoms with van der Waals surface area (Å²) in [6.07, 6.45) is -1.22. The number of aryl methyl sites for hydroxylation is 1. The summed E-state index contributed by atoms with van der Waals surface area (Å²) in [7, 11) is 0. The number of hydrogen-bond donors (Lipinski definition) is 0. The maximum Gasteiger partial charge on any atom is 0.416 e. The summed E-state index contributed by atoms with van der Waals surface area (Å²) >= 11 is 0. The van der Waals surface area contributed by atoms with Crippen LogP contribution in [0.2, 0.25) is 0 Å². The molecule has 176 valence electrons. The van der Waals surface area contributed by atoms with Crippen LogP contribution in [0.25, 0.3) is 22.6 Å². The van der Waals surface area contributed by atoms with E-state index in [9.17, 15) is 18.0 Å².